The van der Waals surface area contributed by atoms with E-state index in [1.54, 1.807) is 5.57 Å². The van der Waals surface area contributed by atoms with Crippen molar-refractivity contribution in [1.29, 1.82) is 0 Å². The Kier molecular flexibility index (Phi) is 6.30. The van der Waals surface area contributed by atoms with Gasteiger partial charge in [-0.25, -0.2) is 0 Å². The second-order valence-electron chi connectivity index (χ2n) is 7.04. The molecule has 2 heteroatoms. The lowest BCUT2D eigenvalue weighted by Crippen LogP contribution is -2.17. The largest absolute Gasteiger partial charge is 0.489 e. The molecule has 0 saturated carbocycles. The second kappa shape index (κ2) is 8.87. The maximum Gasteiger partial charge on any atom is 0.124 e. The highest BCUT2D eigenvalue weighted by Crippen LogP contribution is 2.28. The van der Waals surface area contributed by atoms with Crippen LogP contribution in [-0.2, 0) is 6.54 Å². The zero-order chi connectivity index (χ0) is 17.5. The van der Waals surface area contributed by atoms with Crippen LogP contribution < -0.4 is 10.1 Å². The zero-order valence-corrected chi connectivity index (χ0v) is 15.3. The lowest BCUT2D eigenvalue weighted by atomic mass is 9.97. The van der Waals surface area contributed by atoms with E-state index < -0.39 is 0 Å². The van der Waals surface area contributed by atoms with Gasteiger partial charge in [0.05, 0.1) is 0 Å². The number of fused-ring (bicyclic) bond motifs is 1. The molecule has 0 spiro atoms. The minimum absolute atomic E-state index is 0.568. The first-order valence-corrected chi connectivity index (χ1v) is 9.40. The predicted octanol–water partition coefficient (Wildman–Crippen LogP) is 5.77. The van der Waals surface area contributed by atoms with Crippen molar-refractivity contribution in [1.82, 2.24) is 5.32 Å². The molecule has 0 saturated heterocycles. The molecule has 0 atom stereocenters. The summed E-state index contributed by atoms with van der Waals surface area (Å²) >= 11 is 0. The van der Waals surface area contributed by atoms with Crippen LogP contribution in [0.3, 0.4) is 0 Å². The van der Waals surface area contributed by atoms with Crippen LogP contribution in [0.2, 0.25) is 0 Å². The van der Waals surface area contributed by atoms with Crippen molar-refractivity contribution in [2.45, 2.75) is 45.6 Å². The van der Waals surface area contributed by atoms with Crippen molar-refractivity contribution in [3.05, 3.63) is 65.8 Å². The Hall–Kier alpha value is -2.06. The Balaban J connectivity index is 1.69. The highest BCUT2D eigenvalue weighted by Gasteiger charge is 2.09. The average Bonchev–Trinajstić information content (AvgIpc) is 2.64. The summed E-state index contributed by atoms with van der Waals surface area (Å²) in [6.45, 7) is 8.36. The molecule has 0 aliphatic heterocycles. The molecule has 3 rings (SSSR count). The summed E-state index contributed by atoms with van der Waals surface area (Å²) in [5.74, 6) is 0.964. The second-order valence-corrected chi connectivity index (χ2v) is 7.04. The third kappa shape index (κ3) is 4.96. The van der Waals surface area contributed by atoms with E-state index in [1.807, 2.05) is 6.92 Å². The van der Waals surface area contributed by atoms with Gasteiger partial charge in [0.15, 0.2) is 0 Å². The summed E-state index contributed by atoms with van der Waals surface area (Å²) in [5.41, 5.74) is 3.91. The third-order valence-corrected chi connectivity index (χ3v) is 4.78. The number of ether oxygens (including phenoxy) is 1. The van der Waals surface area contributed by atoms with Crippen LogP contribution in [0.4, 0.5) is 0 Å². The first-order chi connectivity index (χ1) is 12.2. The number of nitrogens with one attached hydrogen (secondary N) is 1. The van der Waals surface area contributed by atoms with E-state index >= 15 is 0 Å². The van der Waals surface area contributed by atoms with Crippen molar-refractivity contribution < 1.29 is 4.74 Å². The Morgan fingerprint density at radius 2 is 2.04 bits per heavy atom. The fraction of sp³-hybridized carbons (Fsp3) is 0.391. The summed E-state index contributed by atoms with van der Waals surface area (Å²) in [6, 6.07) is 12.8. The van der Waals surface area contributed by atoms with Gasteiger partial charge >= 0.3 is 0 Å². The SMILES string of the molecule is C=C(C)COc1ccc2ccccc2c1CNCCC1=CCCCC1. The van der Waals surface area contributed by atoms with Crippen LogP contribution in [-0.4, -0.2) is 13.2 Å². The van der Waals surface area contributed by atoms with Gasteiger partial charge in [-0.05, 0) is 68.0 Å². The molecule has 0 unspecified atom stereocenters. The fourth-order valence-electron chi connectivity index (χ4n) is 3.43. The minimum Gasteiger partial charge on any atom is -0.489 e. The zero-order valence-electron chi connectivity index (χ0n) is 15.3. The summed E-state index contributed by atoms with van der Waals surface area (Å²) < 4.78 is 6.00. The lowest BCUT2D eigenvalue weighted by molar-refractivity contribution is 0.348. The number of hydrogen-bond acceptors (Lipinski definition) is 2. The van der Waals surface area contributed by atoms with Crippen LogP contribution in [0.25, 0.3) is 10.8 Å². The molecular formula is C23H29NO. The highest BCUT2D eigenvalue weighted by molar-refractivity contribution is 5.87. The molecule has 2 aromatic rings. The summed E-state index contributed by atoms with van der Waals surface area (Å²) in [4.78, 5) is 0. The molecule has 0 radical (unpaired) electrons. The van der Waals surface area contributed by atoms with Crippen molar-refractivity contribution in [3.8, 4) is 5.75 Å². The number of hydrogen-bond donors (Lipinski definition) is 1. The first-order valence-electron chi connectivity index (χ1n) is 9.40. The molecule has 0 amide bonds. The van der Waals surface area contributed by atoms with Crippen molar-refractivity contribution in [3.63, 3.8) is 0 Å². The minimum atomic E-state index is 0.568. The van der Waals surface area contributed by atoms with Crippen LogP contribution in [0, 0.1) is 0 Å². The van der Waals surface area contributed by atoms with Crippen LogP contribution in [0.15, 0.2) is 60.2 Å². The van der Waals surface area contributed by atoms with E-state index in [0.717, 1.165) is 30.8 Å². The van der Waals surface area contributed by atoms with E-state index in [9.17, 15) is 0 Å². The predicted molar refractivity (Wildman–Crippen MR) is 107 cm³/mol. The Bertz CT molecular complexity index is 760. The normalized spacial score (nSPS) is 14.4. The van der Waals surface area contributed by atoms with Gasteiger partial charge in [-0.15, -0.1) is 0 Å². The summed E-state index contributed by atoms with van der Waals surface area (Å²) in [6.07, 6.45) is 8.85. The van der Waals surface area contributed by atoms with Crippen LogP contribution >= 0.6 is 0 Å². The van der Waals surface area contributed by atoms with Crippen LogP contribution in [0.5, 0.6) is 5.75 Å². The van der Waals surface area contributed by atoms with Gasteiger partial charge in [0, 0.05) is 12.1 Å². The average molecular weight is 335 g/mol. The first kappa shape index (κ1) is 17.8. The van der Waals surface area contributed by atoms with Gasteiger partial charge in [-0.1, -0.05) is 48.6 Å². The molecular weight excluding hydrogens is 306 g/mol. The summed E-state index contributed by atoms with van der Waals surface area (Å²) in [7, 11) is 0. The molecule has 2 aromatic carbocycles. The van der Waals surface area contributed by atoms with Gasteiger partial charge in [-0.3, -0.25) is 0 Å². The monoisotopic (exact) mass is 335 g/mol. The highest BCUT2D eigenvalue weighted by atomic mass is 16.5. The third-order valence-electron chi connectivity index (χ3n) is 4.78. The van der Waals surface area contributed by atoms with Gasteiger partial charge in [0.1, 0.15) is 12.4 Å². The molecule has 2 nitrogen and oxygen atoms in total. The molecule has 25 heavy (non-hydrogen) atoms. The van der Waals surface area contributed by atoms with Gasteiger partial charge < -0.3 is 10.1 Å². The van der Waals surface area contributed by atoms with E-state index in [-0.39, 0.29) is 0 Å². The summed E-state index contributed by atoms with van der Waals surface area (Å²) in [5, 5.41) is 6.16. The molecule has 1 N–H and O–H groups in total. The number of benzene rings is 2. The van der Waals surface area contributed by atoms with Gasteiger partial charge in [0.25, 0.3) is 0 Å². The quantitative estimate of drug-likeness (QED) is 0.488. The Morgan fingerprint density at radius 3 is 2.84 bits per heavy atom. The molecule has 0 heterocycles. The Morgan fingerprint density at radius 1 is 1.16 bits per heavy atom. The molecule has 0 fully saturated rings. The molecule has 132 valence electrons. The smallest absolute Gasteiger partial charge is 0.124 e. The number of allylic oxidation sites excluding steroid dienone is 1. The lowest BCUT2D eigenvalue weighted by Gasteiger charge is -2.16. The Labute approximate surface area is 151 Å². The number of rotatable bonds is 8. The molecule has 1 aliphatic carbocycles. The maximum absolute atomic E-state index is 6.00. The van der Waals surface area contributed by atoms with E-state index in [1.165, 1.54) is 42.0 Å². The molecule has 1 aliphatic rings. The fourth-order valence-corrected chi connectivity index (χ4v) is 3.43. The van der Waals surface area contributed by atoms with Gasteiger partial charge in [-0.2, -0.15) is 0 Å². The van der Waals surface area contributed by atoms with E-state index in [0.29, 0.717) is 6.61 Å². The standard InChI is InChI=1S/C23H29NO/c1-18(2)17-25-23-13-12-20-10-6-7-11-21(20)22(23)16-24-15-14-19-8-4-3-5-9-19/h6-8,10-13,24H,1,3-5,9,14-17H2,2H3. The van der Waals surface area contributed by atoms with E-state index in [4.69, 9.17) is 4.74 Å². The maximum atomic E-state index is 6.00. The van der Waals surface area contributed by atoms with Crippen LogP contribution in [0.1, 0.15) is 44.6 Å². The van der Waals surface area contributed by atoms with E-state index in [2.05, 4.69) is 54.4 Å². The molecule has 0 aromatic heterocycles. The van der Waals surface area contributed by atoms with Crippen molar-refractivity contribution in [2.24, 2.45) is 0 Å². The topological polar surface area (TPSA) is 21.3 Å². The van der Waals surface area contributed by atoms with Gasteiger partial charge in [0.2, 0.25) is 0 Å². The van der Waals surface area contributed by atoms with Crippen molar-refractivity contribution in [2.75, 3.05) is 13.2 Å². The molecule has 0 bridgehead atoms. The van der Waals surface area contributed by atoms with Crippen molar-refractivity contribution >= 4 is 10.8 Å².